The number of aliphatic hydroxyl groups is 2. The van der Waals surface area contributed by atoms with Gasteiger partial charge in [-0.25, -0.2) is 9.97 Å². The summed E-state index contributed by atoms with van der Waals surface area (Å²) in [5.41, 5.74) is -0.989. The predicted octanol–water partition coefficient (Wildman–Crippen LogP) is -1.69. The number of rotatable bonds is 6. The lowest BCUT2D eigenvalue weighted by Crippen LogP contribution is -2.48. The van der Waals surface area contributed by atoms with E-state index in [4.69, 9.17) is 14.3 Å². The van der Waals surface area contributed by atoms with E-state index in [1.54, 1.807) is 23.7 Å². The first kappa shape index (κ1) is 17.5. The number of nitrogens with one attached hydrogen (secondary N) is 1. The topological polar surface area (TPSA) is 135 Å². The SMILES string of the molecule is COCCON1C[C@]2(CO)O[C@@H](n3cnc4c(=O)[nH]c(C)nc43)[C@H]1[C@@H]2O. The molecular formula is C15H21N5O6. The molecule has 2 saturated heterocycles. The minimum absolute atomic E-state index is 0.182. The Bertz CT molecular complexity index is 868. The van der Waals surface area contributed by atoms with Crippen molar-refractivity contribution in [3.05, 3.63) is 22.5 Å². The van der Waals surface area contributed by atoms with E-state index >= 15 is 0 Å². The molecule has 2 aromatic heterocycles. The van der Waals surface area contributed by atoms with Crippen LogP contribution in [0.5, 0.6) is 0 Å². The van der Waals surface area contributed by atoms with Crippen LogP contribution >= 0.6 is 0 Å². The highest BCUT2D eigenvalue weighted by atomic mass is 16.7. The average molecular weight is 367 g/mol. The van der Waals surface area contributed by atoms with Crippen molar-refractivity contribution in [2.45, 2.75) is 30.9 Å². The number of aromatic nitrogens is 4. The Balaban J connectivity index is 1.72. The van der Waals surface area contributed by atoms with Crippen molar-refractivity contribution in [1.82, 2.24) is 24.6 Å². The molecule has 142 valence electrons. The van der Waals surface area contributed by atoms with Gasteiger partial charge < -0.3 is 24.7 Å². The van der Waals surface area contributed by atoms with Gasteiger partial charge in [-0.2, -0.15) is 5.06 Å². The lowest BCUT2D eigenvalue weighted by atomic mass is 10.0. The smallest absolute Gasteiger partial charge is 0.279 e. The molecule has 26 heavy (non-hydrogen) atoms. The summed E-state index contributed by atoms with van der Waals surface area (Å²) in [6.07, 6.45) is -0.240. The Morgan fingerprint density at radius 1 is 1.50 bits per heavy atom. The third-order valence-electron chi connectivity index (χ3n) is 4.90. The summed E-state index contributed by atoms with van der Waals surface area (Å²) in [5.74, 6) is 0.443. The highest BCUT2D eigenvalue weighted by Crippen LogP contribution is 2.46. The van der Waals surface area contributed by atoms with E-state index in [2.05, 4.69) is 15.0 Å². The summed E-state index contributed by atoms with van der Waals surface area (Å²) < 4.78 is 12.6. The largest absolute Gasteiger partial charge is 0.393 e. The molecule has 0 radical (unpaired) electrons. The van der Waals surface area contributed by atoms with Crippen molar-refractivity contribution in [1.29, 1.82) is 0 Å². The number of aliphatic hydroxyl groups excluding tert-OH is 2. The number of hydroxylamine groups is 2. The van der Waals surface area contributed by atoms with Crippen molar-refractivity contribution in [2.24, 2.45) is 0 Å². The van der Waals surface area contributed by atoms with Gasteiger partial charge in [-0.1, -0.05) is 0 Å². The van der Waals surface area contributed by atoms with Crippen LogP contribution in [0.3, 0.4) is 0 Å². The molecule has 0 saturated carbocycles. The monoisotopic (exact) mass is 367 g/mol. The van der Waals surface area contributed by atoms with Gasteiger partial charge in [0.2, 0.25) is 0 Å². The van der Waals surface area contributed by atoms with Crippen LogP contribution in [0.25, 0.3) is 11.2 Å². The Hall–Kier alpha value is -1.89. The molecule has 4 heterocycles. The van der Waals surface area contributed by atoms with Crippen molar-refractivity contribution in [3.63, 3.8) is 0 Å². The quantitative estimate of drug-likeness (QED) is 0.511. The minimum atomic E-state index is -1.17. The number of imidazole rings is 1. The van der Waals surface area contributed by atoms with Crippen molar-refractivity contribution >= 4 is 11.2 Å². The van der Waals surface area contributed by atoms with Gasteiger partial charge >= 0.3 is 0 Å². The fourth-order valence-electron chi connectivity index (χ4n) is 3.64. The van der Waals surface area contributed by atoms with Crippen LogP contribution in [-0.4, -0.2) is 86.0 Å². The van der Waals surface area contributed by atoms with E-state index in [0.717, 1.165) is 0 Å². The maximum Gasteiger partial charge on any atom is 0.279 e. The molecule has 2 aliphatic rings. The number of methoxy groups -OCH3 is 1. The maximum absolute atomic E-state index is 12.1. The maximum atomic E-state index is 12.1. The van der Waals surface area contributed by atoms with Gasteiger partial charge in [0.25, 0.3) is 5.56 Å². The summed E-state index contributed by atoms with van der Waals surface area (Å²) in [7, 11) is 1.57. The van der Waals surface area contributed by atoms with E-state index in [0.29, 0.717) is 24.7 Å². The van der Waals surface area contributed by atoms with Crippen molar-refractivity contribution in [3.8, 4) is 0 Å². The van der Waals surface area contributed by atoms with Crippen molar-refractivity contribution in [2.75, 3.05) is 33.5 Å². The molecule has 4 atom stereocenters. The van der Waals surface area contributed by atoms with E-state index < -0.39 is 24.0 Å². The second kappa shape index (κ2) is 6.37. The highest BCUT2D eigenvalue weighted by molar-refractivity contribution is 5.69. The van der Waals surface area contributed by atoms with E-state index in [-0.39, 0.29) is 24.2 Å². The Morgan fingerprint density at radius 3 is 3.00 bits per heavy atom. The minimum Gasteiger partial charge on any atom is -0.393 e. The van der Waals surface area contributed by atoms with E-state index in [9.17, 15) is 15.0 Å². The third kappa shape index (κ3) is 2.47. The van der Waals surface area contributed by atoms with Gasteiger partial charge in [-0.3, -0.25) is 14.2 Å². The molecule has 0 unspecified atom stereocenters. The fourth-order valence-corrected chi connectivity index (χ4v) is 3.64. The third-order valence-corrected chi connectivity index (χ3v) is 4.90. The molecule has 0 aromatic carbocycles. The van der Waals surface area contributed by atoms with Crippen LogP contribution in [0.1, 0.15) is 12.1 Å². The number of nitrogens with zero attached hydrogens (tertiary/aromatic N) is 4. The molecule has 2 fully saturated rings. The number of fused-ring (bicyclic) bond motifs is 3. The molecule has 11 nitrogen and oxygen atoms in total. The zero-order valence-electron chi connectivity index (χ0n) is 14.5. The van der Waals surface area contributed by atoms with Crippen LogP contribution in [0.4, 0.5) is 0 Å². The lowest BCUT2D eigenvalue weighted by Gasteiger charge is -2.35. The first-order valence-corrected chi connectivity index (χ1v) is 8.29. The van der Waals surface area contributed by atoms with Gasteiger partial charge in [-0.05, 0) is 6.92 Å². The van der Waals surface area contributed by atoms with Crippen LogP contribution in [0, 0.1) is 6.92 Å². The number of H-pyrrole nitrogens is 1. The van der Waals surface area contributed by atoms with Crippen LogP contribution in [-0.2, 0) is 14.3 Å². The zero-order chi connectivity index (χ0) is 18.5. The fraction of sp³-hybridized carbons (Fsp3) is 0.667. The number of aryl methyl sites for hydroxylation is 1. The highest BCUT2D eigenvalue weighted by Gasteiger charge is 2.64. The molecule has 0 aliphatic carbocycles. The molecule has 0 amide bonds. The second-order valence-corrected chi connectivity index (χ2v) is 6.54. The first-order valence-electron chi connectivity index (χ1n) is 8.29. The lowest BCUT2D eigenvalue weighted by molar-refractivity contribution is -0.255. The zero-order valence-corrected chi connectivity index (χ0v) is 14.5. The summed E-state index contributed by atoms with van der Waals surface area (Å²) >= 11 is 0. The van der Waals surface area contributed by atoms with Crippen molar-refractivity contribution < 1.29 is 24.5 Å². The van der Waals surface area contributed by atoms with Gasteiger partial charge in [0.15, 0.2) is 17.4 Å². The van der Waals surface area contributed by atoms with Gasteiger partial charge in [0.05, 0.1) is 32.7 Å². The van der Waals surface area contributed by atoms with E-state index in [1.165, 1.54) is 6.33 Å². The van der Waals surface area contributed by atoms with Crippen LogP contribution in [0.2, 0.25) is 0 Å². The normalized spacial score (nSPS) is 31.3. The standard InChI is InChI=1S/C15H21N5O6/c1-8-17-12-9(13(23)18-8)16-7-19(12)14-10-11(22)15(6-21,26-14)5-20(10)25-4-3-24-2/h7,10-11,14,21-22H,3-6H2,1-2H3,(H,17,18,23)/t10-,11+,14-,15-/m1/s1. The average Bonchev–Trinajstić information content (AvgIpc) is 3.23. The molecule has 3 N–H and O–H groups in total. The number of ether oxygens (including phenoxy) is 2. The molecule has 4 rings (SSSR count). The number of aromatic amines is 1. The number of hydrogen-bond acceptors (Lipinski definition) is 9. The molecule has 2 bridgehead atoms. The van der Waals surface area contributed by atoms with E-state index in [1.807, 2.05) is 0 Å². The summed E-state index contributed by atoms with van der Waals surface area (Å²) in [6, 6.07) is -0.585. The van der Waals surface area contributed by atoms with Gasteiger partial charge in [0.1, 0.15) is 23.6 Å². The van der Waals surface area contributed by atoms with Crippen LogP contribution in [0.15, 0.2) is 11.1 Å². The summed E-state index contributed by atoms with van der Waals surface area (Å²) in [6.45, 7) is 2.21. The molecule has 2 aromatic rings. The predicted molar refractivity (Wildman–Crippen MR) is 87.2 cm³/mol. The Labute approximate surface area is 148 Å². The van der Waals surface area contributed by atoms with Gasteiger partial charge in [0, 0.05) is 7.11 Å². The van der Waals surface area contributed by atoms with Gasteiger partial charge in [-0.15, -0.1) is 0 Å². The summed E-state index contributed by atoms with van der Waals surface area (Å²) in [5, 5.41) is 22.1. The molecule has 0 spiro atoms. The molecule has 11 heteroatoms. The first-order chi connectivity index (χ1) is 12.5. The number of hydrogen-bond donors (Lipinski definition) is 3. The molecular weight excluding hydrogens is 346 g/mol. The second-order valence-electron chi connectivity index (χ2n) is 6.54. The Kier molecular flexibility index (Phi) is 4.29. The Morgan fingerprint density at radius 2 is 2.31 bits per heavy atom. The molecule has 2 aliphatic heterocycles. The summed E-state index contributed by atoms with van der Waals surface area (Å²) in [4.78, 5) is 28.8. The van der Waals surface area contributed by atoms with Crippen LogP contribution < -0.4 is 5.56 Å². The number of morpholine rings is 1.